The molecule has 4 nitrogen and oxygen atoms in total. The van der Waals surface area contributed by atoms with E-state index in [1.54, 1.807) is 0 Å². The Morgan fingerprint density at radius 2 is 1.72 bits per heavy atom. The molecule has 1 aliphatic carbocycles. The average molecular weight is 243 g/mol. The topological polar surface area (TPSA) is 64.9 Å². The maximum atomic E-state index is 5.90. The largest absolute Gasteiger partial charge is 0.420 e. The van der Waals surface area contributed by atoms with E-state index in [-0.39, 0.29) is 0 Å². The molecule has 0 spiro atoms. The van der Waals surface area contributed by atoms with E-state index >= 15 is 0 Å². The maximum absolute atomic E-state index is 5.90. The molecular weight excluding hydrogens is 226 g/mol. The summed E-state index contributed by atoms with van der Waals surface area (Å²) in [4.78, 5) is 0. The summed E-state index contributed by atoms with van der Waals surface area (Å²) in [6.07, 6.45) is 4.20. The number of nitrogens with zero attached hydrogens (tertiary/aromatic N) is 2. The Morgan fingerprint density at radius 3 is 2.44 bits per heavy atom. The van der Waals surface area contributed by atoms with Crippen molar-refractivity contribution >= 4 is 0 Å². The first kappa shape index (κ1) is 11.4. The standard InChI is InChI=1S/C14H17N3O/c15-12-8-6-11(7-9-12)14-17-16-13(18-14)10-4-2-1-3-5-10/h1-5,11-12H,6-9,15H2. The fourth-order valence-corrected chi connectivity index (χ4v) is 2.46. The third-order valence-corrected chi connectivity index (χ3v) is 3.58. The van der Waals surface area contributed by atoms with Crippen LogP contribution in [0, 0.1) is 0 Å². The van der Waals surface area contributed by atoms with Gasteiger partial charge in [0.25, 0.3) is 0 Å². The van der Waals surface area contributed by atoms with E-state index < -0.39 is 0 Å². The lowest BCUT2D eigenvalue weighted by Gasteiger charge is -2.23. The number of aromatic nitrogens is 2. The van der Waals surface area contributed by atoms with Crippen molar-refractivity contribution in [2.75, 3.05) is 0 Å². The minimum atomic E-state index is 0.345. The summed E-state index contributed by atoms with van der Waals surface area (Å²) >= 11 is 0. The van der Waals surface area contributed by atoms with E-state index in [9.17, 15) is 0 Å². The van der Waals surface area contributed by atoms with Gasteiger partial charge in [0, 0.05) is 17.5 Å². The number of benzene rings is 1. The highest BCUT2D eigenvalue weighted by Crippen LogP contribution is 2.32. The molecule has 1 heterocycles. The van der Waals surface area contributed by atoms with E-state index in [2.05, 4.69) is 10.2 Å². The first-order valence-electron chi connectivity index (χ1n) is 6.47. The number of rotatable bonds is 2. The molecule has 0 saturated heterocycles. The van der Waals surface area contributed by atoms with Crippen LogP contribution in [0.4, 0.5) is 0 Å². The highest BCUT2D eigenvalue weighted by molar-refractivity contribution is 5.51. The van der Waals surface area contributed by atoms with E-state index in [1.165, 1.54) is 0 Å². The second-order valence-electron chi connectivity index (χ2n) is 4.92. The normalized spacial score (nSPS) is 24.1. The molecule has 0 amide bonds. The van der Waals surface area contributed by atoms with Crippen LogP contribution in [0.25, 0.3) is 11.5 Å². The van der Waals surface area contributed by atoms with Gasteiger partial charge in [0.2, 0.25) is 11.8 Å². The highest BCUT2D eigenvalue weighted by Gasteiger charge is 2.24. The van der Waals surface area contributed by atoms with E-state index in [0.29, 0.717) is 17.9 Å². The van der Waals surface area contributed by atoms with Crippen LogP contribution in [-0.2, 0) is 0 Å². The minimum Gasteiger partial charge on any atom is -0.420 e. The smallest absolute Gasteiger partial charge is 0.247 e. The fourth-order valence-electron chi connectivity index (χ4n) is 2.46. The van der Waals surface area contributed by atoms with Crippen LogP contribution in [0.15, 0.2) is 34.7 Å². The summed E-state index contributed by atoms with van der Waals surface area (Å²) in [5.74, 6) is 1.76. The van der Waals surface area contributed by atoms with Crippen LogP contribution in [0.5, 0.6) is 0 Å². The van der Waals surface area contributed by atoms with Gasteiger partial charge in [0.1, 0.15) is 0 Å². The molecule has 3 rings (SSSR count). The summed E-state index contributed by atoms with van der Waals surface area (Å²) in [5, 5.41) is 8.32. The van der Waals surface area contributed by atoms with Crippen LogP contribution < -0.4 is 5.73 Å². The van der Waals surface area contributed by atoms with Crippen LogP contribution in [0.1, 0.15) is 37.5 Å². The Bertz CT molecular complexity index is 501. The fraction of sp³-hybridized carbons (Fsp3) is 0.429. The number of hydrogen-bond donors (Lipinski definition) is 1. The van der Waals surface area contributed by atoms with Crippen molar-refractivity contribution < 1.29 is 4.42 Å². The maximum Gasteiger partial charge on any atom is 0.247 e. The Hall–Kier alpha value is -1.68. The van der Waals surface area contributed by atoms with Gasteiger partial charge in [0.15, 0.2) is 0 Å². The molecule has 1 aromatic carbocycles. The molecule has 1 aliphatic rings. The third kappa shape index (κ3) is 2.29. The SMILES string of the molecule is NC1CCC(c2nnc(-c3ccccc3)o2)CC1. The van der Waals surface area contributed by atoms with Crippen molar-refractivity contribution in [3.05, 3.63) is 36.2 Å². The summed E-state index contributed by atoms with van der Waals surface area (Å²) in [5.41, 5.74) is 6.88. The second-order valence-corrected chi connectivity index (χ2v) is 4.92. The summed E-state index contributed by atoms with van der Waals surface area (Å²) in [7, 11) is 0. The van der Waals surface area contributed by atoms with E-state index in [1.807, 2.05) is 30.3 Å². The predicted octanol–water partition coefficient (Wildman–Crippen LogP) is 2.72. The summed E-state index contributed by atoms with van der Waals surface area (Å²) in [6.45, 7) is 0. The van der Waals surface area contributed by atoms with Crippen LogP contribution in [0.2, 0.25) is 0 Å². The number of nitrogens with two attached hydrogens (primary N) is 1. The number of hydrogen-bond acceptors (Lipinski definition) is 4. The van der Waals surface area contributed by atoms with Crippen molar-refractivity contribution in [2.24, 2.45) is 5.73 Å². The molecule has 0 bridgehead atoms. The lowest BCUT2D eigenvalue weighted by Crippen LogP contribution is -2.25. The van der Waals surface area contributed by atoms with Gasteiger partial charge in [-0.05, 0) is 37.8 Å². The van der Waals surface area contributed by atoms with Crippen molar-refractivity contribution in [1.82, 2.24) is 10.2 Å². The molecule has 94 valence electrons. The van der Waals surface area contributed by atoms with Gasteiger partial charge >= 0.3 is 0 Å². The van der Waals surface area contributed by atoms with E-state index in [0.717, 1.165) is 37.1 Å². The van der Waals surface area contributed by atoms with Crippen molar-refractivity contribution in [2.45, 2.75) is 37.6 Å². The molecule has 2 N–H and O–H groups in total. The van der Waals surface area contributed by atoms with Gasteiger partial charge in [-0.3, -0.25) is 0 Å². The molecule has 0 aliphatic heterocycles. The molecule has 0 radical (unpaired) electrons. The van der Waals surface area contributed by atoms with Gasteiger partial charge in [-0.25, -0.2) is 0 Å². The average Bonchev–Trinajstić information content (AvgIpc) is 2.90. The Morgan fingerprint density at radius 1 is 1.00 bits per heavy atom. The minimum absolute atomic E-state index is 0.345. The van der Waals surface area contributed by atoms with Crippen molar-refractivity contribution in [3.8, 4) is 11.5 Å². The highest BCUT2D eigenvalue weighted by atomic mass is 16.4. The first-order valence-corrected chi connectivity index (χ1v) is 6.47. The molecular formula is C14H17N3O. The van der Waals surface area contributed by atoms with Crippen molar-refractivity contribution in [1.29, 1.82) is 0 Å². The molecule has 2 aromatic rings. The summed E-state index contributed by atoms with van der Waals surface area (Å²) in [6, 6.07) is 10.2. The van der Waals surface area contributed by atoms with Gasteiger partial charge in [-0.2, -0.15) is 0 Å². The Balaban J connectivity index is 1.78. The predicted molar refractivity (Wildman–Crippen MR) is 68.9 cm³/mol. The molecule has 1 fully saturated rings. The zero-order valence-electron chi connectivity index (χ0n) is 10.2. The van der Waals surface area contributed by atoms with Gasteiger partial charge in [0.05, 0.1) is 0 Å². The molecule has 1 aromatic heterocycles. The van der Waals surface area contributed by atoms with Crippen LogP contribution in [-0.4, -0.2) is 16.2 Å². The summed E-state index contributed by atoms with van der Waals surface area (Å²) < 4.78 is 5.78. The van der Waals surface area contributed by atoms with Gasteiger partial charge in [-0.1, -0.05) is 18.2 Å². The molecule has 1 saturated carbocycles. The molecule has 18 heavy (non-hydrogen) atoms. The van der Waals surface area contributed by atoms with Gasteiger partial charge in [-0.15, -0.1) is 10.2 Å². The van der Waals surface area contributed by atoms with Crippen LogP contribution >= 0.6 is 0 Å². The van der Waals surface area contributed by atoms with Crippen molar-refractivity contribution in [3.63, 3.8) is 0 Å². The Kier molecular flexibility index (Phi) is 3.11. The van der Waals surface area contributed by atoms with E-state index in [4.69, 9.17) is 10.2 Å². The lowest BCUT2D eigenvalue weighted by atomic mass is 9.86. The van der Waals surface area contributed by atoms with Crippen LogP contribution in [0.3, 0.4) is 0 Å². The molecule has 0 unspecified atom stereocenters. The zero-order chi connectivity index (χ0) is 12.4. The lowest BCUT2D eigenvalue weighted by molar-refractivity contribution is 0.341. The van der Waals surface area contributed by atoms with Gasteiger partial charge < -0.3 is 10.2 Å². The molecule has 0 atom stereocenters. The Labute approximate surface area is 106 Å². The molecule has 4 heteroatoms. The first-order chi connectivity index (χ1) is 8.83. The second kappa shape index (κ2) is 4.90. The third-order valence-electron chi connectivity index (χ3n) is 3.58. The zero-order valence-corrected chi connectivity index (χ0v) is 10.2. The monoisotopic (exact) mass is 243 g/mol. The quantitative estimate of drug-likeness (QED) is 0.880.